The third-order valence-corrected chi connectivity index (χ3v) is 3.65. The highest BCUT2D eigenvalue weighted by Crippen LogP contribution is 2.29. The standard InChI is InChI=1S/C15H20FNO2/c1-15(2)6-3-7-17(10-15)9-11-4-5-13(16)12(8-11)14(18)19/h4-5,8H,3,6-7,9-10H2,1-2H3,(H,18,19). The molecule has 19 heavy (non-hydrogen) atoms. The zero-order valence-electron chi connectivity index (χ0n) is 11.4. The first kappa shape index (κ1) is 14.0. The lowest BCUT2D eigenvalue weighted by Gasteiger charge is -2.38. The van der Waals surface area contributed by atoms with Gasteiger partial charge in [-0.3, -0.25) is 4.90 Å². The van der Waals surface area contributed by atoms with Gasteiger partial charge < -0.3 is 5.11 Å². The number of rotatable bonds is 3. The van der Waals surface area contributed by atoms with E-state index in [1.54, 1.807) is 6.07 Å². The highest BCUT2D eigenvalue weighted by molar-refractivity contribution is 5.88. The molecule has 1 aliphatic rings. The molecule has 1 aliphatic heterocycles. The molecule has 0 aromatic heterocycles. The smallest absolute Gasteiger partial charge is 0.338 e. The van der Waals surface area contributed by atoms with E-state index < -0.39 is 11.8 Å². The number of nitrogens with zero attached hydrogens (tertiary/aromatic N) is 1. The average molecular weight is 265 g/mol. The molecule has 0 bridgehead atoms. The maximum absolute atomic E-state index is 13.3. The quantitative estimate of drug-likeness (QED) is 0.912. The second kappa shape index (κ2) is 5.29. The van der Waals surface area contributed by atoms with Crippen LogP contribution in [0.3, 0.4) is 0 Å². The molecule has 3 nitrogen and oxygen atoms in total. The number of carboxylic acids is 1. The Balaban J connectivity index is 2.11. The number of piperidine rings is 1. The lowest BCUT2D eigenvalue weighted by molar-refractivity contribution is 0.0691. The van der Waals surface area contributed by atoms with Crippen LogP contribution in [-0.2, 0) is 6.54 Å². The Morgan fingerprint density at radius 3 is 2.84 bits per heavy atom. The van der Waals surface area contributed by atoms with Crippen molar-refractivity contribution in [1.82, 2.24) is 4.90 Å². The van der Waals surface area contributed by atoms with E-state index in [0.717, 1.165) is 25.1 Å². The molecular weight excluding hydrogens is 245 g/mol. The summed E-state index contributed by atoms with van der Waals surface area (Å²) >= 11 is 0. The van der Waals surface area contributed by atoms with Crippen molar-refractivity contribution in [2.24, 2.45) is 5.41 Å². The van der Waals surface area contributed by atoms with Gasteiger partial charge in [0, 0.05) is 13.1 Å². The number of hydrogen-bond acceptors (Lipinski definition) is 2. The molecule has 0 radical (unpaired) electrons. The number of likely N-dealkylation sites (tertiary alicyclic amines) is 1. The molecule has 1 heterocycles. The maximum atomic E-state index is 13.3. The Labute approximate surface area is 113 Å². The van der Waals surface area contributed by atoms with Gasteiger partial charge in [0.25, 0.3) is 0 Å². The molecular formula is C15H20FNO2. The van der Waals surface area contributed by atoms with E-state index in [9.17, 15) is 9.18 Å². The number of halogens is 1. The Kier molecular flexibility index (Phi) is 3.90. The fraction of sp³-hybridized carbons (Fsp3) is 0.533. The molecule has 1 aromatic rings. The maximum Gasteiger partial charge on any atom is 0.338 e. The molecule has 0 aliphatic carbocycles. The van der Waals surface area contributed by atoms with Crippen LogP contribution in [0.25, 0.3) is 0 Å². The van der Waals surface area contributed by atoms with Gasteiger partial charge in [0.2, 0.25) is 0 Å². The normalized spacial score (nSPS) is 19.3. The lowest BCUT2D eigenvalue weighted by atomic mass is 9.84. The van der Waals surface area contributed by atoms with Gasteiger partial charge in [-0.2, -0.15) is 0 Å². The molecule has 0 spiro atoms. The van der Waals surface area contributed by atoms with Crippen molar-refractivity contribution in [3.05, 3.63) is 35.1 Å². The lowest BCUT2D eigenvalue weighted by Crippen LogP contribution is -2.39. The summed E-state index contributed by atoms with van der Waals surface area (Å²) in [6.45, 7) is 7.18. The van der Waals surface area contributed by atoms with E-state index >= 15 is 0 Å². The van der Waals surface area contributed by atoms with Gasteiger partial charge in [-0.25, -0.2) is 9.18 Å². The summed E-state index contributed by atoms with van der Waals surface area (Å²) in [6.07, 6.45) is 2.37. The van der Waals surface area contributed by atoms with Crippen molar-refractivity contribution < 1.29 is 14.3 Å². The fourth-order valence-electron chi connectivity index (χ4n) is 2.77. The van der Waals surface area contributed by atoms with Crippen molar-refractivity contribution in [1.29, 1.82) is 0 Å². The van der Waals surface area contributed by atoms with Crippen molar-refractivity contribution in [3.8, 4) is 0 Å². The van der Waals surface area contributed by atoms with Gasteiger partial charge >= 0.3 is 5.97 Å². The number of hydrogen-bond donors (Lipinski definition) is 1. The van der Waals surface area contributed by atoms with Crippen LogP contribution in [0.4, 0.5) is 4.39 Å². The van der Waals surface area contributed by atoms with E-state index in [1.807, 2.05) is 0 Å². The summed E-state index contributed by atoms with van der Waals surface area (Å²) in [5, 5.41) is 8.93. The molecule has 1 N–H and O–H groups in total. The Hall–Kier alpha value is -1.42. The fourth-order valence-corrected chi connectivity index (χ4v) is 2.77. The second-order valence-corrected chi connectivity index (χ2v) is 6.10. The average Bonchev–Trinajstić information content (AvgIpc) is 2.30. The number of carboxylic acid groups (broad SMARTS) is 1. The zero-order valence-corrected chi connectivity index (χ0v) is 11.4. The minimum Gasteiger partial charge on any atom is -0.478 e. The number of carbonyl (C=O) groups is 1. The van der Waals surface area contributed by atoms with Gasteiger partial charge in [0.1, 0.15) is 5.82 Å². The van der Waals surface area contributed by atoms with E-state index in [1.165, 1.54) is 18.6 Å². The molecule has 0 saturated carbocycles. The Morgan fingerprint density at radius 2 is 2.21 bits per heavy atom. The first-order valence-electron chi connectivity index (χ1n) is 6.61. The topological polar surface area (TPSA) is 40.5 Å². The van der Waals surface area contributed by atoms with Gasteiger partial charge in [-0.05, 0) is 42.5 Å². The minimum atomic E-state index is -1.21. The van der Waals surface area contributed by atoms with Gasteiger partial charge in [-0.1, -0.05) is 19.9 Å². The monoisotopic (exact) mass is 265 g/mol. The molecule has 1 aromatic carbocycles. The zero-order chi connectivity index (χ0) is 14.0. The van der Waals surface area contributed by atoms with Crippen LogP contribution in [0, 0.1) is 11.2 Å². The van der Waals surface area contributed by atoms with E-state index in [2.05, 4.69) is 18.7 Å². The van der Waals surface area contributed by atoms with Crippen LogP contribution in [0.5, 0.6) is 0 Å². The largest absolute Gasteiger partial charge is 0.478 e. The summed E-state index contributed by atoms with van der Waals surface area (Å²) < 4.78 is 13.3. The van der Waals surface area contributed by atoms with Crippen LogP contribution in [-0.4, -0.2) is 29.1 Å². The third kappa shape index (κ3) is 3.53. The summed E-state index contributed by atoms with van der Waals surface area (Å²) in [6, 6.07) is 4.36. The third-order valence-electron chi connectivity index (χ3n) is 3.65. The highest BCUT2D eigenvalue weighted by Gasteiger charge is 2.26. The molecule has 4 heteroatoms. The molecule has 1 saturated heterocycles. The molecule has 0 unspecified atom stereocenters. The van der Waals surface area contributed by atoms with Crippen LogP contribution in [0.1, 0.15) is 42.6 Å². The first-order chi connectivity index (χ1) is 8.87. The molecule has 104 valence electrons. The molecule has 1 fully saturated rings. The van der Waals surface area contributed by atoms with Gasteiger partial charge in [0.05, 0.1) is 5.56 Å². The summed E-state index contributed by atoms with van der Waals surface area (Å²) in [4.78, 5) is 13.2. The van der Waals surface area contributed by atoms with Crippen LogP contribution >= 0.6 is 0 Å². The van der Waals surface area contributed by atoms with Gasteiger partial charge in [0.15, 0.2) is 0 Å². The Bertz CT molecular complexity index is 485. The van der Waals surface area contributed by atoms with Crippen molar-refractivity contribution in [3.63, 3.8) is 0 Å². The first-order valence-corrected chi connectivity index (χ1v) is 6.61. The summed E-state index contributed by atoms with van der Waals surface area (Å²) in [7, 11) is 0. The van der Waals surface area contributed by atoms with Crippen LogP contribution in [0.15, 0.2) is 18.2 Å². The second-order valence-electron chi connectivity index (χ2n) is 6.10. The predicted octanol–water partition coefficient (Wildman–Crippen LogP) is 3.15. The number of benzene rings is 1. The highest BCUT2D eigenvalue weighted by atomic mass is 19.1. The van der Waals surface area contributed by atoms with E-state index in [4.69, 9.17) is 5.11 Å². The Morgan fingerprint density at radius 1 is 1.47 bits per heavy atom. The minimum absolute atomic E-state index is 0.242. The van der Waals surface area contributed by atoms with Gasteiger partial charge in [-0.15, -0.1) is 0 Å². The van der Waals surface area contributed by atoms with Crippen LogP contribution < -0.4 is 0 Å². The van der Waals surface area contributed by atoms with E-state index in [0.29, 0.717) is 12.0 Å². The summed E-state index contributed by atoms with van der Waals surface area (Å²) in [5.41, 5.74) is 0.916. The van der Waals surface area contributed by atoms with Crippen LogP contribution in [0.2, 0.25) is 0 Å². The summed E-state index contributed by atoms with van der Waals surface area (Å²) in [5.74, 6) is -1.88. The molecule has 2 rings (SSSR count). The predicted molar refractivity (Wildman–Crippen MR) is 71.7 cm³/mol. The number of aromatic carboxylic acids is 1. The van der Waals surface area contributed by atoms with E-state index in [-0.39, 0.29) is 5.56 Å². The molecule has 0 atom stereocenters. The van der Waals surface area contributed by atoms with Crippen molar-refractivity contribution in [2.75, 3.05) is 13.1 Å². The SMILES string of the molecule is CC1(C)CCCN(Cc2ccc(F)c(C(=O)O)c2)C1. The van der Waals surface area contributed by atoms with Crippen molar-refractivity contribution in [2.45, 2.75) is 33.2 Å². The van der Waals surface area contributed by atoms with Crippen molar-refractivity contribution >= 4 is 5.97 Å². The molecule has 0 amide bonds.